The highest BCUT2D eigenvalue weighted by molar-refractivity contribution is 9.10. The van der Waals surface area contributed by atoms with E-state index in [-0.39, 0.29) is 6.61 Å². The normalized spacial score (nSPS) is 10.2. The van der Waals surface area contributed by atoms with Crippen molar-refractivity contribution in [2.75, 3.05) is 27.4 Å². The third kappa shape index (κ3) is 3.37. The molecule has 0 saturated carbocycles. The zero-order valence-corrected chi connectivity index (χ0v) is 10.9. The van der Waals surface area contributed by atoms with Crippen molar-refractivity contribution in [3.05, 3.63) is 22.2 Å². The van der Waals surface area contributed by atoms with Crippen molar-refractivity contribution >= 4 is 15.9 Å². The number of aliphatic hydroxyl groups is 1. The summed E-state index contributed by atoms with van der Waals surface area (Å²) in [6.45, 7) is 0.925. The Labute approximate surface area is 103 Å². The number of methoxy groups -OCH3 is 2. The Kier molecular flexibility index (Phi) is 5.59. The highest BCUT2D eigenvalue weighted by Gasteiger charge is 2.11. The van der Waals surface area contributed by atoms with Crippen LogP contribution in [0.3, 0.4) is 0 Å². The lowest BCUT2D eigenvalue weighted by molar-refractivity contribution is 0.143. The highest BCUT2D eigenvalue weighted by Crippen LogP contribution is 2.36. The molecule has 0 aliphatic heterocycles. The monoisotopic (exact) mass is 290 g/mol. The second-order valence-electron chi connectivity index (χ2n) is 3.11. The van der Waals surface area contributed by atoms with Gasteiger partial charge in [-0.25, -0.2) is 0 Å². The summed E-state index contributed by atoms with van der Waals surface area (Å²) in [5.41, 5.74) is 0.766. The number of ether oxygens (including phenoxy) is 3. The summed E-state index contributed by atoms with van der Waals surface area (Å²) >= 11 is 3.37. The first kappa shape index (κ1) is 13.3. The van der Waals surface area contributed by atoms with E-state index in [0.29, 0.717) is 24.7 Å². The SMILES string of the molecule is COCCOc1c(Br)cc(CO)cc1OC. The third-order valence-electron chi connectivity index (χ3n) is 2.01. The Morgan fingerprint density at radius 3 is 2.56 bits per heavy atom. The average Bonchev–Trinajstić information content (AvgIpc) is 2.30. The van der Waals surface area contributed by atoms with Gasteiger partial charge in [0, 0.05) is 7.11 Å². The van der Waals surface area contributed by atoms with Crippen molar-refractivity contribution in [3.8, 4) is 11.5 Å². The molecule has 0 bridgehead atoms. The number of benzene rings is 1. The fourth-order valence-corrected chi connectivity index (χ4v) is 1.84. The van der Waals surface area contributed by atoms with E-state index in [2.05, 4.69) is 15.9 Å². The fourth-order valence-electron chi connectivity index (χ4n) is 1.23. The topological polar surface area (TPSA) is 47.9 Å². The first-order valence-corrected chi connectivity index (χ1v) is 5.61. The molecule has 0 saturated heterocycles. The van der Waals surface area contributed by atoms with Gasteiger partial charge >= 0.3 is 0 Å². The van der Waals surface area contributed by atoms with Crippen LogP contribution >= 0.6 is 15.9 Å². The first-order chi connectivity index (χ1) is 7.72. The number of aliphatic hydroxyl groups excluding tert-OH is 1. The van der Waals surface area contributed by atoms with Gasteiger partial charge < -0.3 is 19.3 Å². The third-order valence-corrected chi connectivity index (χ3v) is 2.59. The fraction of sp³-hybridized carbons (Fsp3) is 0.455. The second kappa shape index (κ2) is 6.73. The summed E-state index contributed by atoms with van der Waals surface area (Å²) in [5.74, 6) is 1.21. The van der Waals surface area contributed by atoms with E-state index in [4.69, 9.17) is 19.3 Å². The van der Waals surface area contributed by atoms with E-state index in [1.807, 2.05) is 0 Å². The standard InChI is InChI=1S/C11H15BrO4/c1-14-3-4-16-11-9(12)5-8(7-13)6-10(11)15-2/h5-6,13H,3-4,7H2,1-2H3. The van der Waals surface area contributed by atoms with Crippen molar-refractivity contribution in [1.29, 1.82) is 0 Å². The Hall–Kier alpha value is -0.780. The van der Waals surface area contributed by atoms with Crippen LogP contribution in [0.1, 0.15) is 5.56 Å². The van der Waals surface area contributed by atoms with Gasteiger partial charge in [0.25, 0.3) is 0 Å². The molecule has 0 fully saturated rings. The van der Waals surface area contributed by atoms with Crippen molar-refractivity contribution in [3.63, 3.8) is 0 Å². The first-order valence-electron chi connectivity index (χ1n) is 4.82. The Morgan fingerprint density at radius 1 is 1.25 bits per heavy atom. The molecule has 90 valence electrons. The Balaban J connectivity index is 2.88. The predicted octanol–water partition coefficient (Wildman–Crippen LogP) is 1.98. The summed E-state index contributed by atoms with van der Waals surface area (Å²) in [4.78, 5) is 0. The number of rotatable bonds is 6. The summed E-state index contributed by atoms with van der Waals surface area (Å²) in [6.07, 6.45) is 0. The smallest absolute Gasteiger partial charge is 0.175 e. The van der Waals surface area contributed by atoms with Crippen LogP contribution in [0, 0.1) is 0 Å². The van der Waals surface area contributed by atoms with Gasteiger partial charge in [0.05, 0.1) is 24.8 Å². The molecule has 1 N–H and O–H groups in total. The molecule has 0 aromatic heterocycles. The molecule has 0 unspecified atom stereocenters. The zero-order chi connectivity index (χ0) is 12.0. The Bertz CT molecular complexity index is 341. The van der Waals surface area contributed by atoms with Gasteiger partial charge in [0.15, 0.2) is 11.5 Å². The maximum Gasteiger partial charge on any atom is 0.175 e. The van der Waals surface area contributed by atoms with Crippen molar-refractivity contribution < 1.29 is 19.3 Å². The van der Waals surface area contributed by atoms with Gasteiger partial charge in [-0.3, -0.25) is 0 Å². The Morgan fingerprint density at radius 2 is 2.00 bits per heavy atom. The molecule has 5 heteroatoms. The molecule has 1 aromatic carbocycles. The van der Waals surface area contributed by atoms with Crippen LogP contribution in [0.5, 0.6) is 11.5 Å². The molecule has 0 spiro atoms. The second-order valence-corrected chi connectivity index (χ2v) is 3.96. The predicted molar refractivity (Wildman–Crippen MR) is 64.0 cm³/mol. The summed E-state index contributed by atoms with van der Waals surface area (Å²) in [6, 6.07) is 3.54. The molecule has 1 aromatic rings. The van der Waals surface area contributed by atoms with E-state index >= 15 is 0 Å². The van der Waals surface area contributed by atoms with Crippen molar-refractivity contribution in [1.82, 2.24) is 0 Å². The quantitative estimate of drug-likeness (QED) is 0.814. The highest BCUT2D eigenvalue weighted by atomic mass is 79.9. The molecule has 0 radical (unpaired) electrons. The lowest BCUT2D eigenvalue weighted by Crippen LogP contribution is -2.06. The van der Waals surface area contributed by atoms with Crippen LogP contribution in [0.2, 0.25) is 0 Å². The minimum absolute atomic E-state index is 0.0344. The van der Waals surface area contributed by atoms with E-state index in [9.17, 15) is 0 Å². The van der Waals surface area contributed by atoms with Gasteiger partial charge in [0.2, 0.25) is 0 Å². The molecular weight excluding hydrogens is 276 g/mol. The minimum atomic E-state index is -0.0344. The van der Waals surface area contributed by atoms with E-state index < -0.39 is 0 Å². The molecule has 0 amide bonds. The van der Waals surface area contributed by atoms with Crippen LogP contribution in [-0.2, 0) is 11.3 Å². The molecule has 16 heavy (non-hydrogen) atoms. The van der Waals surface area contributed by atoms with Crippen LogP contribution < -0.4 is 9.47 Å². The van der Waals surface area contributed by atoms with E-state index in [1.54, 1.807) is 26.4 Å². The van der Waals surface area contributed by atoms with Gasteiger partial charge in [-0.1, -0.05) is 0 Å². The molecule has 0 aliphatic rings. The van der Waals surface area contributed by atoms with Gasteiger partial charge in [0.1, 0.15) is 6.61 Å². The minimum Gasteiger partial charge on any atom is -0.493 e. The van der Waals surface area contributed by atoms with Crippen LogP contribution in [0.4, 0.5) is 0 Å². The van der Waals surface area contributed by atoms with Crippen LogP contribution in [0.15, 0.2) is 16.6 Å². The van der Waals surface area contributed by atoms with Crippen molar-refractivity contribution in [2.24, 2.45) is 0 Å². The number of hydrogen-bond donors (Lipinski definition) is 1. The maximum atomic E-state index is 9.05. The number of halogens is 1. The van der Waals surface area contributed by atoms with E-state index in [1.165, 1.54) is 0 Å². The van der Waals surface area contributed by atoms with Gasteiger partial charge in [-0.15, -0.1) is 0 Å². The lowest BCUT2D eigenvalue weighted by Gasteiger charge is -2.13. The zero-order valence-electron chi connectivity index (χ0n) is 9.33. The molecule has 0 aliphatic carbocycles. The summed E-state index contributed by atoms with van der Waals surface area (Å²) in [7, 11) is 3.18. The molecule has 0 heterocycles. The summed E-state index contributed by atoms with van der Waals surface area (Å²) in [5, 5.41) is 9.05. The van der Waals surface area contributed by atoms with Crippen molar-refractivity contribution in [2.45, 2.75) is 6.61 Å². The largest absolute Gasteiger partial charge is 0.493 e. The molecule has 0 atom stereocenters. The molecule has 1 rings (SSSR count). The molecular formula is C11H15BrO4. The lowest BCUT2D eigenvalue weighted by atomic mass is 10.2. The molecule has 4 nitrogen and oxygen atoms in total. The van der Waals surface area contributed by atoms with Gasteiger partial charge in [-0.05, 0) is 33.6 Å². The average molecular weight is 291 g/mol. The van der Waals surface area contributed by atoms with Gasteiger partial charge in [-0.2, -0.15) is 0 Å². The van der Waals surface area contributed by atoms with Crippen LogP contribution in [0.25, 0.3) is 0 Å². The van der Waals surface area contributed by atoms with Crippen LogP contribution in [-0.4, -0.2) is 32.5 Å². The van der Waals surface area contributed by atoms with E-state index in [0.717, 1.165) is 10.0 Å². The maximum absolute atomic E-state index is 9.05. The number of hydrogen-bond acceptors (Lipinski definition) is 4. The summed E-state index contributed by atoms with van der Waals surface area (Å²) < 4.78 is 16.4.